The summed E-state index contributed by atoms with van der Waals surface area (Å²) in [6.45, 7) is 7.43. The summed E-state index contributed by atoms with van der Waals surface area (Å²) in [5, 5.41) is 18.4. The highest BCUT2D eigenvalue weighted by Gasteiger charge is 2.26. The second-order valence-electron chi connectivity index (χ2n) is 7.50. The van der Waals surface area contributed by atoms with Crippen LogP contribution in [0.3, 0.4) is 0 Å². The number of thioether (sulfide) groups is 1. The van der Waals surface area contributed by atoms with E-state index in [0.717, 1.165) is 35.3 Å². The lowest BCUT2D eigenvalue weighted by molar-refractivity contribution is -0.105. The minimum Gasteiger partial charge on any atom is -0.490 e. The smallest absolute Gasteiger partial charge is 0.137 e. The Balaban J connectivity index is 1.78. The van der Waals surface area contributed by atoms with E-state index in [1.54, 1.807) is 11.8 Å². The van der Waals surface area contributed by atoms with E-state index >= 15 is 0 Å². The molecule has 1 unspecified atom stereocenters. The number of ether oxygens (including phenoxy) is 1. The highest BCUT2D eigenvalue weighted by Crippen LogP contribution is 2.36. The van der Waals surface area contributed by atoms with Gasteiger partial charge in [-0.2, -0.15) is 10.4 Å². The molecule has 3 rings (SSSR count). The minimum absolute atomic E-state index is 0.00931. The lowest BCUT2D eigenvalue weighted by Gasteiger charge is -2.15. The summed E-state index contributed by atoms with van der Waals surface area (Å²) in [7, 11) is 0. The Labute approximate surface area is 197 Å². The number of fused-ring (bicyclic) bond motifs is 1. The molecule has 0 bridgehead atoms. The minimum atomic E-state index is 0.00931. The number of nitrogens with one attached hydrogen (secondary N) is 1. The van der Waals surface area contributed by atoms with E-state index in [9.17, 15) is 10.1 Å². The predicted octanol–water partition coefficient (Wildman–Crippen LogP) is 5.07. The van der Waals surface area contributed by atoms with Crippen molar-refractivity contribution in [1.82, 2.24) is 4.72 Å². The van der Waals surface area contributed by atoms with Crippen molar-refractivity contribution in [2.45, 2.75) is 44.6 Å². The first kappa shape index (κ1) is 24.1. The molecule has 2 aromatic rings. The molecule has 0 amide bonds. The van der Waals surface area contributed by atoms with Crippen molar-refractivity contribution in [3.8, 4) is 11.8 Å². The maximum Gasteiger partial charge on any atom is 0.137 e. The Morgan fingerprint density at radius 3 is 2.97 bits per heavy atom. The fourth-order valence-electron chi connectivity index (χ4n) is 3.65. The average molecular weight is 467 g/mol. The van der Waals surface area contributed by atoms with E-state index in [-0.39, 0.29) is 12.1 Å². The Morgan fingerprint density at radius 1 is 1.41 bits per heavy atom. The molecule has 6 nitrogen and oxygen atoms in total. The molecular weight excluding hydrogens is 440 g/mol. The van der Waals surface area contributed by atoms with Crippen LogP contribution in [0.25, 0.3) is 0 Å². The van der Waals surface area contributed by atoms with Gasteiger partial charge in [-0.15, -0.1) is 5.10 Å². The number of carbonyl (C=O) groups is 1. The van der Waals surface area contributed by atoms with Crippen molar-refractivity contribution in [3.63, 3.8) is 0 Å². The first-order chi connectivity index (χ1) is 15.6. The van der Waals surface area contributed by atoms with Crippen LogP contribution < -0.4 is 9.46 Å². The standard InChI is InChI=1S/C24H26N4O2S2/c1-16(2)30-23-10-7-17(13-18(23)14-25)15-31-24(27-26-3)21-6-4-5-20-19(21)8-9-22(20)28-32-12-11-29/h4-7,10-11,13,16,22,28H,3,8-9,12,15H2,1-2H3/b27-24-. The molecule has 1 N–H and O–H groups in total. The molecule has 166 valence electrons. The number of hydrogen-bond acceptors (Lipinski definition) is 8. The van der Waals surface area contributed by atoms with E-state index < -0.39 is 0 Å². The monoisotopic (exact) mass is 466 g/mol. The number of hydrogen-bond donors (Lipinski definition) is 1. The molecule has 0 saturated carbocycles. The van der Waals surface area contributed by atoms with Crippen molar-refractivity contribution < 1.29 is 9.53 Å². The molecule has 0 heterocycles. The Morgan fingerprint density at radius 2 is 2.25 bits per heavy atom. The predicted molar refractivity (Wildman–Crippen MR) is 133 cm³/mol. The van der Waals surface area contributed by atoms with Crippen LogP contribution in [0, 0.1) is 11.3 Å². The molecule has 1 aliphatic rings. The Bertz CT molecular complexity index is 1050. The number of nitrogens with zero attached hydrogens (tertiary/aromatic N) is 3. The fraction of sp³-hybridized carbons (Fsp3) is 0.333. The van der Waals surface area contributed by atoms with Crippen LogP contribution in [0.15, 0.2) is 46.6 Å². The van der Waals surface area contributed by atoms with Gasteiger partial charge in [-0.3, -0.25) is 4.72 Å². The van der Waals surface area contributed by atoms with Gasteiger partial charge in [0.05, 0.1) is 17.4 Å². The van der Waals surface area contributed by atoms with Crippen molar-refractivity contribution in [1.29, 1.82) is 5.26 Å². The lowest BCUT2D eigenvalue weighted by Crippen LogP contribution is -2.12. The Hall–Kier alpha value is -2.60. The quantitative estimate of drug-likeness (QED) is 0.131. The van der Waals surface area contributed by atoms with E-state index in [1.807, 2.05) is 38.1 Å². The summed E-state index contributed by atoms with van der Waals surface area (Å²) in [5.41, 5.74) is 5.09. The molecule has 8 heteroatoms. The van der Waals surface area contributed by atoms with E-state index in [4.69, 9.17) is 4.74 Å². The van der Waals surface area contributed by atoms with Crippen molar-refractivity contribution >= 4 is 41.8 Å². The third kappa shape index (κ3) is 6.00. The van der Waals surface area contributed by atoms with Crippen LogP contribution in [0.1, 0.15) is 54.1 Å². The number of carbonyl (C=O) groups excluding carboxylic acids is 1. The molecule has 2 aromatic carbocycles. The molecule has 1 aliphatic carbocycles. The van der Waals surface area contributed by atoms with Gasteiger partial charge >= 0.3 is 0 Å². The van der Waals surface area contributed by atoms with Gasteiger partial charge in [-0.05, 0) is 55.5 Å². The van der Waals surface area contributed by atoms with E-state index in [0.29, 0.717) is 22.8 Å². The number of benzene rings is 2. The molecule has 32 heavy (non-hydrogen) atoms. The van der Waals surface area contributed by atoms with Gasteiger partial charge in [0.25, 0.3) is 0 Å². The van der Waals surface area contributed by atoms with Gasteiger partial charge in [0.2, 0.25) is 0 Å². The zero-order valence-corrected chi connectivity index (χ0v) is 19.8. The maximum atomic E-state index is 10.6. The maximum absolute atomic E-state index is 10.6. The number of rotatable bonds is 10. The fourth-order valence-corrected chi connectivity index (χ4v) is 5.20. The van der Waals surface area contributed by atoms with Gasteiger partial charge in [0, 0.05) is 24.1 Å². The molecule has 0 fully saturated rings. The highest BCUT2D eigenvalue weighted by molar-refractivity contribution is 8.13. The molecule has 1 atom stereocenters. The van der Waals surface area contributed by atoms with E-state index in [2.05, 4.69) is 39.8 Å². The van der Waals surface area contributed by atoms with Crippen molar-refractivity contribution in [3.05, 3.63) is 64.2 Å². The summed E-state index contributed by atoms with van der Waals surface area (Å²) in [6, 6.07) is 14.4. The molecular formula is C24H26N4O2S2. The summed E-state index contributed by atoms with van der Waals surface area (Å²) in [5.74, 6) is 1.68. The topological polar surface area (TPSA) is 86.8 Å². The van der Waals surface area contributed by atoms with Crippen LogP contribution in [0.5, 0.6) is 5.75 Å². The SMILES string of the molecule is C=N/N=C(\SCc1ccc(OC(C)C)c(C#N)c1)c1cccc2c1CCC2NSCC=O. The van der Waals surface area contributed by atoms with Gasteiger partial charge < -0.3 is 9.53 Å². The lowest BCUT2D eigenvalue weighted by atomic mass is 10.0. The summed E-state index contributed by atoms with van der Waals surface area (Å²) in [4.78, 5) is 10.6. The molecule has 0 aromatic heterocycles. The third-order valence-corrected chi connectivity index (χ3v) is 6.75. The summed E-state index contributed by atoms with van der Waals surface area (Å²) < 4.78 is 9.10. The van der Waals surface area contributed by atoms with Gasteiger partial charge in [-0.1, -0.05) is 48.0 Å². The average Bonchev–Trinajstić information content (AvgIpc) is 3.20. The molecule has 0 aliphatic heterocycles. The van der Waals surface area contributed by atoms with Crippen LogP contribution in [-0.2, 0) is 17.0 Å². The van der Waals surface area contributed by atoms with Gasteiger partial charge in [0.1, 0.15) is 23.1 Å². The first-order valence-electron chi connectivity index (χ1n) is 10.4. The van der Waals surface area contributed by atoms with Gasteiger partial charge in [0.15, 0.2) is 0 Å². The zero-order valence-electron chi connectivity index (χ0n) is 18.2. The van der Waals surface area contributed by atoms with Crippen LogP contribution in [-0.4, -0.2) is 29.9 Å². The van der Waals surface area contributed by atoms with Crippen molar-refractivity contribution in [2.24, 2.45) is 10.2 Å². The second-order valence-corrected chi connectivity index (χ2v) is 9.33. The zero-order chi connectivity index (χ0) is 22.9. The van der Waals surface area contributed by atoms with E-state index in [1.165, 1.54) is 23.1 Å². The Kier molecular flexibility index (Phi) is 8.91. The van der Waals surface area contributed by atoms with Crippen LogP contribution >= 0.6 is 23.7 Å². The number of aldehydes is 1. The largest absolute Gasteiger partial charge is 0.490 e. The second kappa shape index (κ2) is 11.9. The number of nitriles is 1. The highest BCUT2D eigenvalue weighted by atomic mass is 32.2. The normalized spacial score (nSPS) is 15.3. The van der Waals surface area contributed by atoms with Crippen molar-refractivity contribution in [2.75, 3.05) is 5.75 Å². The molecule has 0 spiro atoms. The molecule has 0 radical (unpaired) electrons. The molecule has 0 saturated heterocycles. The summed E-state index contributed by atoms with van der Waals surface area (Å²) >= 11 is 3.01. The van der Waals surface area contributed by atoms with Crippen LogP contribution in [0.2, 0.25) is 0 Å². The first-order valence-corrected chi connectivity index (χ1v) is 12.3. The van der Waals surface area contributed by atoms with Gasteiger partial charge in [-0.25, -0.2) is 0 Å². The third-order valence-electron chi connectivity index (χ3n) is 4.94. The summed E-state index contributed by atoms with van der Waals surface area (Å²) in [6.07, 6.45) is 2.82. The van der Waals surface area contributed by atoms with Crippen LogP contribution in [0.4, 0.5) is 0 Å².